The van der Waals surface area contributed by atoms with Crippen LogP contribution in [0.4, 0.5) is 4.39 Å². The molecule has 7 heteroatoms. The number of phenolic OH excluding ortho intramolecular Hbond substituents is 1. The molecule has 178 valence electrons. The van der Waals surface area contributed by atoms with E-state index in [2.05, 4.69) is 43.1 Å². The SMILES string of the molecule is CC(C)(C)c1ccc(C2c3c(-c4cc(Cl)ccc4O)n[nH]c3C(=O)N2Cc2ccc(F)cc2)cc1. The second-order valence-corrected chi connectivity index (χ2v) is 10.3. The Morgan fingerprint density at radius 1 is 1.06 bits per heavy atom. The third-order valence-corrected chi connectivity index (χ3v) is 6.67. The fourth-order valence-electron chi connectivity index (χ4n) is 4.56. The summed E-state index contributed by atoms with van der Waals surface area (Å²) in [4.78, 5) is 15.3. The Morgan fingerprint density at radius 3 is 2.40 bits per heavy atom. The van der Waals surface area contributed by atoms with Gasteiger partial charge in [-0.2, -0.15) is 5.10 Å². The van der Waals surface area contributed by atoms with Crippen LogP contribution in [-0.2, 0) is 12.0 Å². The minimum absolute atomic E-state index is 0.0175. The van der Waals surface area contributed by atoms with E-state index in [0.717, 1.165) is 11.1 Å². The van der Waals surface area contributed by atoms with Crippen LogP contribution in [0.25, 0.3) is 11.3 Å². The third kappa shape index (κ3) is 4.19. The van der Waals surface area contributed by atoms with Crippen molar-refractivity contribution in [2.24, 2.45) is 0 Å². The molecule has 1 atom stereocenters. The van der Waals surface area contributed by atoms with E-state index in [1.54, 1.807) is 29.2 Å². The minimum Gasteiger partial charge on any atom is -0.507 e. The summed E-state index contributed by atoms with van der Waals surface area (Å²) >= 11 is 6.22. The maximum Gasteiger partial charge on any atom is 0.273 e. The van der Waals surface area contributed by atoms with Gasteiger partial charge in [-0.3, -0.25) is 9.89 Å². The van der Waals surface area contributed by atoms with Gasteiger partial charge in [0.1, 0.15) is 23.0 Å². The number of amides is 1. The second-order valence-electron chi connectivity index (χ2n) is 9.86. The molecule has 3 aromatic carbocycles. The summed E-state index contributed by atoms with van der Waals surface area (Å²) in [6.07, 6.45) is 0. The number of carbonyl (C=O) groups excluding carboxylic acids is 1. The number of benzene rings is 3. The number of aromatic amines is 1. The lowest BCUT2D eigenvalue weighted by Crippen LogP contribution is -2.29. The van der Waals surface area contributed by atoms with Gasteiger partial charge < -0.3 is 10.0 Å². The second kappa shape index (κ2) is 8.54. The number of fused-ring (bicyclic) bond motifs is 1. The summed E-state index contributed by atoms with van der Waals surface area (Å²) in [6.45, 7) is 6.73. The number of phenols is 1. The molecule has 5 rings (SSSR count). The lowest BCUT2D eigenvalue weighted by molar-refractivity contribution is 0.0730. The monoisotopic (exact) mass is 489 g/mol. The molecule has 0 aliphatic carbocycles. The van der Waals surface area contributed by atoms with Gasteiger partial charge in [0, 0.05) is 22.7 Å². The zero-order chi connectivity index (χ0) is 24.9. The minimum atomic E-state index is -0.455. The number of hydrogen-bond donors (Lipinski definition) is 2. The summed E-state index contributed by atoms with van der Waals surface area (Å²) < 4.78 is 13.5. The lowest BCUT2D eigenvalue weighted by atomic mass is 9.85. The van der Waals surface area contributed by atoms with Gasteiger partial charge in [0.25, 0.3) is 5.91 Å². The van der Waals surface area contributed by atoms with Crippen LogP contribution in [-0.4, -0.2) is 26.1 Å². The zero-order valence-electron chi connectivity index (χ0n) is 19.6. The highest BCUT2D eigenvalue weighted by atomic mass is 35.5. The quantitative estimate of drug-likeness (QED) is 0.338. The smallest absolute Gasteiger partial charge is 0.273 e. The number of carbonyl (C=O) groups is 1. The molecule has 4 aromatic rings. The van der Waals surface area contributed by atoms with E-state index in [1.165, 1.54) is 23.8 Å². The number of H-pyrrole nitrogens is 1. The maximum absolute atomic E-state index is 13.6. The molecule has 1 aliphatic heterocycles. The first-order valence-electron chi connectivity index (χ1n) is 11.4. The molecule has 35 heavy (non-hydrogen) atoms. The molecule has 0 fully saturated rings. The van der Waals surface area contributed by atoms with Crippen molar-refractivity contribution >= 4 is 17.5 Å². The Labute approximate surface area is 208 Å². The van der Waals surface area contributed by atoms with Crippen LogP contribution in [0.1, 0.15) is 59.6 Å². The Balaban J connectivity index is 1.65. The first-order valence-corrected chi connectivity index (χ1v) is 11.7. The standard InChI is InChI=1S/C28H25ClFN3O2/c1-28(2,3)18-8-6-17(7-9-18)26-23-24(21-14-19(29)10-13-22(21)34)31-32-25(23)27(35)33(26)15-16-4-11-20(30)12-5-16/h4-14,26,34H,15H2,1-3H3,(H,31,32). The number of hydrogen-bond acceptors (Lipinski definition) is 3. The van der Waals surface area contributed by atoms with E-state index in [-0.39, 0.29) is 29.4 Å². The Hall–Kier alpha value is -3.64. The van der Waals surface area contributed by atoms with Crippen LogP contribution in [0.15, 0.2) is 66.7 Å². The highest BCUT2D eigenvalue weighted by molar-refractivity contribution is 6.31. The summed E-state index contributed by atoms with van der Waals surface area (Å²) in [5, 5.41) is 18.3. The summed E-state index contributed by atoms with van der Waals surface area (Å²) in [5.41, 5.74) is 4.84. The predicted molar refractivity (Wildman–Crippen MR) is 134 cm³/mol. The molecule has 0 saturated heterocycles. The van der Waals surface area contributed by atoms with Crippen molar-refractivity contribution in [3.63, 3.8) is 0 Å². The van der Waals surface area contributed by atoms with Crippen LogP contribution < -0.4 is 0 Å². The van der Waals surface area contributed by atoms with Crippen LogP contribution in [0.5, 0.6) is 5.75 Å². The van der Waals surface area contributed by atoms with E-state index in [9.17, 15) is 14.3 Å². The Bertz CT molecular complexity index is 1410. The number of aromatic hydroxyl groups is 1. The Morgan fingerprint density at radius 2 is 1.74 bits per heavy atom. The molecule has 1 unspecified atom stereocenters. The van der Waals surface area contributed by atoms with Gasteiger partial charge in [0.05, 0.1) is 6.04 Å². The van der Waals surface area contributed by atoms with Gasteiger partial charge in [0.15, 0.2) is 0 Å². The normalized spacial score (nSPS) is 15.5. The average molecular weight is 490 g/mol. The van der Waals surface area contributed by atoms with Gasteiger partial charge in [0.2, 0.25) is 0 Å². The van der Waals surface area contributed by atoms with Gasteiger partial charge >= 0.3 is 0 Å². The first-order chi connectivity index (χ1) is 16.6. The molecule has 2 heterocycles. The molecule has 1 aromatic heterocycles. The van der Waals surface area contributed by atoms with E-state index in [0.29, 0.717) is 27.5 Å². The fraction of sp³-hybridized carbons (Fsp3) is 0.214. The van der Waals surface area contributed by atoms with E-state index in [4.69, 9.17) is 11.6 Å². The summed E-state index contributed by atoms with van der Waals surface area (Å²) in [5.74, 6) is -0.520. The van der Waals surface area contributed by atoms with E-state index < -0.39 is 6.04 Å². The molecule has 0 bridgehead atoms. The molecule has 0 radical (unpaired) electrons. The number of nitrogens with one attached hydrogen (secondary N) is 1. The third-order valence-electron chi connectivity index (χ3n) is 6.44. The zero-order valence-corrected chi connectivity index (χ0v) is 20.4. The number of halogens is 2. The largest absolute Gasteiger partial charge is 0.507 e. The van der Waals surface area contributed by atoms with Gasteiger partial charge in [-0.1, -0.05) is 68.8 Å². The van der Waals surface area contributed by atoms with Crippen LogP contribution >= 0.6 is 11.6 Å². The van der Waals surface area contributed by atoms with E-state index >= 15 is 0 Å². The van der Waals surface area contributed by atoms with Crippen LogP contribution in [0, 0.1) is 5.82 Å². The van der Waals surface area contributed by atoms with Crippen molar-refractivity contribution < 1.29 is 14.3 Å². The van der Waals surface area contributed by atoms with Crippen molar-refractivity contribution in [1.82, 2.24) is 15.1 Å². The van der Waals surface area contributed by atoms with Crippen molar-refractivity contribution in [3.05, 3.63) is 106 Å². The first kappa shape index (κ1) is 23.1. The van der Waals surface area contributed by atoms with Crippen molar-refractivity contribution in [3.8, 4) is 17.0 Å². The van der Waals surface area contributed by atoms with Crippen molar-refractivity contribution in [2.75, 3.05) is 0 Å². The topological polar surface area (TPSA) is 69.2 Å². The molecular formula is C28H25ClFN3O2. The van der Waals surface area contributed by atoms with Crippen LogP contribution in [0.2, 0.25) is 5.02 Å². The highest BCUT2D eigenvalue weighted by Crippen LogP contribution is 2.45. The Kier molecular flexibility index (Phi) is 5.64. The van der Waals surface area contributed by atoms with Crippen molar-refractivity contribution in [2.45, 2.75) is 38.8 Å². The summed E-state index contributed by atoms with van der Waals surface area (Å²) in [6, 6.07) is 18.6. The van der Waals surface area contributed by atoms with Crippen molar-refractivity contribution in [1.29, 1.82) is 0 Å². The molecule has 0 spiro atoms. The van der Waals surface area contributed by atoms with Gasteiger partial charge in [-0.15, -0.1) is 0 Å². The van der Waals surface area contributed by atoms with Crippen LogP contribution in [0.3, 0.4) is 0 Å². The number of rotatable bonds is 4. The number of nitrogens with zero attached hydrogens (tertiary/aromatic N) is 2. The molecule has 1 amide bonds. The highest BCUT2D eigenvalue weighted by Gasteiger charge is 2.42. The average Bonchev–Trinajstić information content (AvgIpc) is 3.36. The van der Waals surface area contributed by atoms with E-state index in [1.807, 2.05) is 12.1 Å². The summed E-state index contributed by atoms with van der Waals surface area (Å²) in [7, 11) is 0. The van der Waals surface area contributed by atoms with Gasteiger partial charge in [-0.05, 0) is 52.4 Å². The molecular weight excluding hydrogens is 465 g/mol. The molecule has 5 nitrogen and oxygen atoms in total. The molecule has 2 N–H and O–H groups in total. The van der Waals surface area contributed by atoms with Gasteiger partial charge in [-0.25, -0.2) is 4.39 Å². The fourth-order valence-corrected chi connectivity index (χ4v) is 4.73. The maximum atomic E-state index is 13.6. The molecule has 1 aliphatic rings. The predicted octanol–water partition coefficient (Wildman–Crippen LogP) is 6.62. The number of aromatic nitrogens is 2. The molecule has 0 saturated carbocycles. The lowest BCUT2D eigenvalue weighted by Gasteiger charge is -2.27.